The van der Waals surface area contributed by atoms with Crippen molar-refractivity contribution in [2.24, 2.45) is 0 Å². The van der Waals surface area contributed by atoms with Crippen molar-refractivity contribution in [1.29, 1.82) is 0 Å². The van der Waals surface area contributed by atoms with E-state index in [4.69, 9.17) is 4.74 Å². The molecule has 4 rings (SSSR count). The van der Waals surface area contributed by atoms with Crippen LogP contribution in [0.4, 0.5) is 4.79 Å². The second-order valence-electron chi connectivity index (χ2n) is 8.98. The van der Waals surface area contributed by atoms with E-state index in [9.17, 15) is 13.2 Å². The standard InChI is InChI=1S/C23H29N3O4S2/c1-23(2,3)30-22(27)26-13-11-25(12-14-26)21-18-15-20(31-19(18)9-10-24-21)32(28,29)16-17-7-5-4-6-8-17/h4-9,15,24H,10-14,16H2,1-3H3. The van der Waals surface area contributed by atoms with Gasteiger partial charge in [0.2, 0.25) is 0 Å². The molecule has 7 nitrogen and oxygen atoms in total. The number of piperazine rings is 1. The van der Waals surface area contributed by atoms with E-state index >= 15 is 0 Å². The minimum atomic E-state index is -3.43. The van der Waals surface area contributed by atoms with E-state index < -0.39 is 15.4 Å². The second-order valence-corrected chi connectivity index (χ2v) is 12.3. The van der Waals surface area contributed by atoms with E-state index in [-0.39, 0.29) is 11.8 Å². The van der Waals surface area contributed by atoms with Crippen molar-refractivity contribution in [3.8, 4) is 0 Å². The monoisotopic (exact) mass is 475 g/mol. The third-order valence-electron chi connectivity index (χ3n) is 5.30. The Kier molecular flexibility index (Phi) is 6.22. The summed E-state index contributed by atoms with van der Waals surface area (Å²) in [6.07, 6.45) is 1.74. The molecule has 0 unspecified atom stereocenters. The van der Waals surface area contributed by atoms with Gasteiger partial charge in [0.1, 0.15) is 15.6 Å². The predicted octanol–water partition coefficient (Wildman–Crippen LogP) is 1.72. The molecule has 0 spiro atoms. The van der Waals surface area contributed by atoms with Gasteiger partial charge in [0, 0.05) is 42.5 Å². The highest BCUT2D eigenvalue weighted by atomic mass is 32.2. The molecule has 0 bridgehead atoms. The Morgan fingerprint density at radius 1 is 1.12 bits per heavy atom. The van der Waals surface area contributed by atoms with Crippen LogP contribution in [-0.2, 0) is 20.3 Å². The number of ether oxygens (including phenoxy) is 1. The summed E-state index contributed by atoms with van der Waals surface area (Å²) in [5.74, 6) is 0.925. The number of nitrogens with one attached hydrogen (secondary N) is 1. The first-order valence-electron chi connectivity index (χ1n) is 10.7. The van der Waals surface area contributed by atoms with E-state index in [1.807, 2.05) is 57.2 Å². The van der Waals surface area contributed by atoms with Crippen LogP contribution in [0.15, 0.2) is 40.6 Å². The van der Waals surface area contributed by atoms with E-state index in [1.165, 1.54) is 11.3 Å². The third-order valence-corrected chi connectivity index (χ3v) is 8.69. The molecule has 2 aliphatic heterocycles. The van der Waals surface area contributed by atoms with Gasteiger partial charge in [0.25, 0.3) is 0 Å². The summed E-state index contributed by atoms with van der Waals surface area (Å²) in [5.41, 5.74) is 0.264. The first-order chi connectivity index (χ1) is 15.1. The Bertz CT molecular complexity index is 1210. The van der Waals surface area contributed by atoms with Gasteiger partial charge in [-0.15, -0.1) is 11.3 Å². The molecular weight excluding hydrogens is 446 g/mol. The van der Waals surface area contributed by atoms with Crippen LogP contribution in [0.25, 0.3) is 11.9 Å². The maximum Gasteiger partial charge on any atom is 0.410 e. The van der Waals surface area contributed by atoms with Gasteiger partial charge in [0.15, 0.2) is 9.84 Å². The summed E-state index contributed by atoms with van der Waals surface area (Å²) in [7, 11) is -3.43. The first-order valence-corrected chi connectivity index (χ1v) is 13.2. The molecule has 1 fully saturated rings. The fourth-order valence-corrected chi connectivity index (χ4v) is 6.64. The van der Waals surface area contributed by atoms with Gasteiger partial charge < -0.3 is 19.9 Å². The summed E-state index contributed by atoms with van der Waals surface area (Å²) in [6.45, 7) is 8.66. The van der Waals surface area contributed by atoms with Crippen molar-refractivity contribution in [2.75, 3.05) is 32.7 Å². The Morgan fingerprint density at radius 3 is 2.47 bits per heavy atom. The number of thiophene rings is 1. The number of nitrogens with zero attached hydrogens (tertiary/aromatic N) is 2. The number of hydrogen-bond acceptors (Lipinski definition) is 7. The van der Waals surface area contributed by atoms with Crippen molar-refractivity contribution >= 4 is 39.2 Å². The van der Waals surface area contributed by atoms with Gasteiger partial charge in [0.05, 0.1) is 5.75 Å². The Morgan fingerprint density at radius 2 is 1.81 bits per heavy atom. The maximum absolute atomic E-state index is 13.0. The molecular formula is C23H29N3O4S2. The number of amides is 1. The molecule has 0 saturated carbocycles. The lowest BCUT2D eigenvalue weighted by molar-refractivity contribution is 0.0179. The molecule has 1 aromatic carbocycles. The molecule has 2 aliphatic rings. The molecule has 2 aromatic rings. The average molecular weight is 476 g/mol. The zero-order chi connectivity index (χ0) is 22.9. The third kappa shape index (κ3) is 5.10. The number of hydrogen-bond donors (Lipinski definition) is 1. The van der Waals surface area contributed by atoms with Gasteiger partial charge in [-0.2, -0.15) is 0 Å². The van der Waals surface area contributed by atoms with E-state index in [0.717, 1.165) is 21.1 Å². The Labute approximate surface area is 192 Å². The van der Waals surface area contributed by atoms with Crippen LogP contribution in [-0.4, -0.2) is 62.6 Å². The molecule has 0 aliphatic carbocycles. The van der Waals surface area contributed by atoms with Crippen molar-refractivity contribution in [3.05, 3.63) is 51.7 Å². The van der Waals surface area contributed by atoms with Crippen LogP contribution < -0.4 is 15.1 Å². The summed E-state index contributed by atoms with van der Waals surface area (Å²) in [4.78, 5) is 16.3. The van der Waals surface area contributed by atoms with E-state index in [2.05, 4.69) is 10.2 Å². The summed E-state index contributed by atoms with van der Waals surface area (Å²) < 4.78 is 32.9. The number of benzene rings is 1. The molecule has 9 heteroatoms. The fourth-order valence-electron chi connectivity index (χ4n) is 3.79. The quantitative estimate of drug-likeness (QED) is 0.726. The smallest absolute Gasteiger partial charge is 0.410 e. The topological polar surface area (TPSA) is 79.0 Å². The highest BCUT2D eigenvalue weighted by Gasteiger charge is 2.28. The molecule has 3 heterocycles. The minimum absolute atomic E-state index is 0.00937. The van der Waals surface area contributed by atoms with E-state index in [1.54, 1.807) is 11.0 Å². The highest BCUT2D eigenvalue weighted by molar-refractivity contribution is 7.92. The minimum Gasteiger partial charge on any atom is -0.444 e. The fraction of sp³-hybridized carbons (Fsp3) is 0.435. The zero-order valence-electron chi connectivity index (χ0n) is 18.6. The molecule has 32 heavy (non-hydrogen) atoms. The molecule has 1 amide bonds. The molecule has 1 aromatic heterocycles. The van der Waals surface area contributed by atoms with Crippen molar-refractivity contribution in [1.82, 2.24) is 15.1 Å². The zero-order valence-corrected chi connectivity index (χ0v) is 20.3. The number of carbonyl (C=O) groups is 1. The Balaban J connectivity index is 1.54. The number of sulfone groups is 1. The molecule has 172 valence electrons. The van der Waals surface area contributed by atoms with Crippen molar-refractivity contribution < 1.29 is 17.9 Å². The normalized spacial score (nSPS) is 16.8. The largest absolute Gasteiger partial charge is 0.444 e. The highest BCUT2D eigenvalue weighted by Crippen LogP contribution is 2.19. The van der Waals surface area contributed by atoms with Crippen LogP contribution in [0.5, 0.6) is 0 Å². The van der Waals surface area contributed by atoms with Gasteiger partial charge in [-0.1, -0.05) is 30.3 Å². The predicted molar refractivity (Wildman–Crippen MR) is 126 cm³/mol. The second kappa shape index (κ2) is 8.78. The Hall–Kier alpha value is -2.52. The molecule has 0 radical (unpaired) electrons. The van der Waals surface area contributed by atoms with Crippen LogP contribution in [0.1, 0.15) is 26.3 Å². The average Bonchev–Trinajstić information content (AvgIpc) is 3.19. The van der Waals surface area contributed by atoms with Gasteiger partial charge >= 0.3 is 6.09 Å². The number of rotatable bonds is 4. The number of carbonyl (C=O) groups excluding carboxylic acids is 1. The lowest BCUT2D eigenvalue weighted by Crippen LogP contribution is -2.53. The van der Waals surface area contributed by atoms with Crippen molar-refractivity contribution in [3.63, 3.8) is 0 Å². The van der Waals surface area contributed by atoms with Crippen molar-refractivity contribution in [2.45, 2.75) is 36.3 Å². The van der Waals surface area contributed by atoms with Crippen LogP contribution in [0.2, 0.25) is 0 Å². The lowest BCUT2D eigenvalue weighted by atomic mass is 10.2. The molecule has 1 N–H and O–H groups in total. The maximum atomic E-state index is 13.0. The van der Waals surface area contributed by atoms with E-state index in [0.29, 0.717) is 36.9 Å². The van der Waals surface area contributed by atoms with Gasteiger partial charge in [-0.05, 0) is 38.5 Å². The van der Waals surface area contributed by atoms with Crippen LogP contribution in [0.3, 0.4) is 0 Å². The SMILES string of the molecule is CC(C)(C)OC(=O)N1CCN(C2=c3cc(S(=O)(=O)Cc4ccccc4)sc3=CCN2)CC1. The lowest BCUT2D eigenvalue weighted by Gasteiger charge is -2.38. The summed E-state index contributed by atoms with van der Waals surface area (Å²) >= 11 is 1.33. The number of fused-ring (bicyclic) bond motifs is 1. The van der Waals surface area contributed by atoms with Gasteiger partial charge in [-0.3, -0.25) is 0 Å². The molecule has 1 saturated heterocycles. The van der Waals surface area contributed by atoms with Crippen LogP contribution >= 0.6 is 11.3 Å². The summed E-state index contributed by atoms with van der Waals surface area (Å²) in [6, 6.07) is 11.0. The summed E-state index contributed by atoms with van der Waals surface area (Å²) in [5, 5.41) is 4.32. The molecule has 0 atom stereocenters. The van der Waals surface area contributed by atoms with Crippen LogP contribution in [0, 0.1) is 0 Å². The first kappa shape index (κ1) is 22.7. The van der Waals surface area contributed by atoms with Gasteiger partial charge in [-0.25, -0.2) is 13.2 Å².